The first-order valence-corrected chi connectivity index (χ1v) is 8.77. The number of rotatable bonds is 5. The Morgan fingerprint density at radius 1 is 1.20 bits per heavy atom. The van der Waals surface area contributed by atoms with Gasteiger partial charge in [-0.1, -0.05) is 23.9 Å². The Labute approximate surface area is 150 Å². The molecule has 138 valence electrons. The number of benzene rings is 1. The lowest BCUT2D eigenvalue weighted by molar-refractivity contribution is -0.117. The maximum atomic E-state index is 12.6. The Hall–Kier alpha value is -1.87. The van der Waals surface area contributed by atoms with Gasteiger partial charge in [0.1, 0.15) is 0 Å². The van der Waals surface area contributed by atoms with Crippen molar-refractivity contribution >= 4 is 29.4 Å². The van der Waals surface area contributed by atoms with Crippen molar-refractivity contribution < 1.29 is 18.4 Å². The zero-order valence-corrected chi connectivity index (χ0v) is 15.1. The highest BCUT2D eigenvalue weighted by atomic mass is 32.2. The minimum Gasteiger partial charge on any atom is -0.331 e. The molecule has 25 heavy (non-hydrogen) atoms. The van der Waals surface area contributed by atoms with E-state index in [0.717, 1.165) is 0 Å². The molecule has 1 aromatic carbocycles. The van der Waals surface area contributed by atoms with Gasteiger partial charge in [-0.05, 0) is 12.1 Å². The molecule has 6 nitrogen and oxygen atoms in total. The second-order valence-corrected chi connectivity index (χ2v) is 6.89. The normalized spacial score (nSPS) is 15.3. The Morgan fingerprint density at radius 2 is 1.84 bits per heavy atom. The smallest absolute Gasteiger partial charge is 0.319 e. The number of para-hydroxylation sites is 1. The van der Waals surface area contributed by atoms with Gasteiger partial charge in [0, 0.05) is 45.2 Å². The van der Waals surface area contributed by atoms with E-state index in [0.29, 0.717) is 48.5 Å². The van der Waals surface area contributed by atoms with Gasteiger partial charge in [-0.15, -0.1) is 0 Å². The number of amides is 3. The molecule has 0 unspecified atom stereocenters. The lowest BCUT2D eigenvalue weighted by Gasteiger charge is -2.35. The second-order valence-electron chi connectivity index (χ2n) is 5.86. The van der Waals surface area contributed by atoms with Crippen LogP contribution in [0.15, 0.2) is 29.2 Å². The van der Waals surface area contributed by atoms with Gasteiger partial charge in [0.05, 0.1) is 12.2 Å². The first kappa shape index (κ1) is 19.5. The molecule has 2 rings (SSSR count). The van der Waals surface area contributed by atoms with E-state index >= 15 is 0 Å². The first-order valence-electron chi connectivity index (χ1n) is 7.89. The van der Waals surface area contributed by atoms with Crippen LogP contribution >= 0.6 is 11.8 Å². The SMILES string of the molecule is CN(C)C(=O)N1CCN(CC(=O)Nc2ccccc2SC(F)F)CC1. The summed E-state index contributed by atoms with van der Waals surface area (Å²) < 4.78 is 25.2. The average Bonchev–Trinajstić information content (AvgIpc) is 2.56. The molecule has 1 N–H and O–H groups in total. The van der Waals surface area contributed by atoms with E-state index in [9.17, 15) is 18.4 Å². The molecule has 0 atom stereocenters. The van der Waals surface area contributed by atoms with Crippen molar-refractivity contribution in [1.29, 1.82) is 0 Å². The second kappa shape index (κ2) is 9.00. The van der Waals surface area contributed by atoms with Crippen molar-refractivity contribution in [2.24, 2.45) is 0 Å². The van der Waals surface area contributed by atoms with Crippen LogP contribution in [0, 0.1) is 0 Å². The zero-order chi connectivity index (χ0) is 18.4. The Balaban J connectivity index is 1.85. The molecule has 0 aromatic heterocycles. The van der Waals surface area contributed by atoms with Crippen LogP contribution < -0.4 is 5.32 Å². The fraction of sp³-hybridized carbons (Fsp3) is 0.500. The zero-order valence-electron chi connectivity index (χ0n) is 14.2. The van der Waals surface area contributed by atoms with Gasteiger partial charge in [0.15, 0.2) is 0 Å². The number of alkyl halides is 2. The molecule has 1 aromatic rings. The van der Waals surface area contributed by atoms with Crippen LogP contribution in [0.2, 0.25) is 0 Å². The van der Waals surface area contributed by atoms with Crippen LogP contribution in [-0.4, -0.2) is 79.2 Å². The van der Waals surface area contributed by atoms with Crippen molar-refractivity contribution in [3.05, 3.63) is 24.3 Å². The van der Waals surface area contributed by atoms with E-state index in [-0.39, 0.29) is 18.5 Å². The molecule has 1 fully saturated rings. The number of nitrogens with one attached hydrogen (secondary N) is 1. The molecule has 0 spiro atoms. The van der Waals surface area contributed by atoms with Crippen LogP contribution in [0.5, 0.6) is 0 Å². The number of halogens is 2. The molecule has 1 aliphatic rings. The molecule has 0 radical (unpaired) electrons. The number of piperazine rings is 1. The summed E-state index contributed by atoms with van der Waals surface area (Å²) in [6.45, 7) is 2.47. The molecular weight excluding hydrogens is 350 g/mol. The summed E-state index contributed by atoms with van der Waals surface area (Å²) in [6.07, 6.45) is 0. The quantitative estimate of drug-likeness (QED) is 0.806. The van der Waals surface area contributed by atoms with Crippen LogP contribution in [0.25, 0.3) is 0 Å². The van der Waals surface area contributed by atoms with Gasteiger partial charge in [-0.3, -0.25) is 9.69 Å². The van der Waals surface area contributed by atoms with Gasteiger partial charge < -0.3 is 15.1 Å². The highest BCUT2D eigenvalue weighted by molar-refractivity contribution is 7.99. The van der Waals surface area contributed by atoms with E-state index < -0.39 is 5.76 Å². The van der Waals surface area contributed by atoms with E-state index in [1.165, 1.54) is 4.90 Å². The van der Waals surface area contributed by atoms with Crippen molar-refractivity contribution in [1.82, 2.24) is 14.7 Å². The highest BCUT2D eigenvalue weighted by Crippen LogP contribution is 2.31. The minimum atomic E-state index is -2.54. The number of nitrogens with zero attached hydrogens (tertiary/aromatic N) is 3. The maximum Gasteiger partial charge on any atom is 0.319 e. The summed E-state index contributed by atoms with van der Waals surface area (Å²) in [6, 6.07) is 6.47. The number of carbonyl (C=O) groups excluding carboxylic acids is 2. The number of anilines is 1. The summed E-state index contributed by atoms with van der Waals surface area (Å²) >= 11 is 0.409. The lowest BCUT2D eigenvalue weighted by atomic mass is 10.3. The summed E-state index contributed by atoms with van der Waals surface area (Å²) in [4.78, 5) is 29.6. The monoisotopic (exact) mass is 372 g/mol. The van der Waals surface area contributed by atoms with Crippen molar-refractivity contribution in [2.45, 2.75) is 10.7 Å². The Morgan fingerprint density at radius 3 is 2.44 bits per heavy atom. The van der Waals surface area contributed by atoms with Crippen LogP contribution in [0.1, 0.15) is 0 Å². The van der Waals surface area contributed by atoms with Crippen LogP contribution in [-0.2, 0) is 4.79 Å². The molecule has 0 bridgehead atoms. The summed E-state index contributed by atoms with van der Waals surface area (Å²) in [7, 11) is 3.41. The Kier molecular flexibility index (Phi) is 7.01. The summed E-state index contributed by atoms with van der Waals surface area (Å²) in [5.41, 5.74) is 0.388. The standard InChI is InChI=1S/C16H22F2N4O2S/c1-20(2)16(24)22-9-7-21(8-10-22)11-14(23)19-12-5-3-4-6-13(12)25-15(17)18/h3-6,15H,7-11H2,1-2H3,(H,19,23). The average molecular weight is 372 g/mol. The van der Waals surface area contributed by atoms with Gasteiger partial charge in [-0.25, -0.2) is 4.79 Å². The Bertz CT molecular complexity index is 608. The molecule has 0 saturated carbocycles. The van der Waals surface area contributed by atoms with E-state index in [2.05, 4.69) is 5.32 Å². The predicted octanol–water partition coefficient (Wildman–Crippen LogP) is 2.24. The van der Waals surface area contributed by atoms with E-state index in [1.54, 1.807) is 43.3 Å². The van der Waals surface area contributed by atoms with Crippen LogP contribution in [0.3, 0.4) is 0 Å². The molecule has 1 heterocycles. The molecular formula is C16H22F2N4O2S. The van der Waals surface area contributed by atoms with Crippen molar-refractivity contribution in [3.8, 4) is 0 Å². The third-order valence-electron chi connectivity index (χ3n) is 3.77. The molecule has 1 aliphatic heterocycles. The van der Waals surface area contributed by atoms with Gasteiger partial charge in [-0.2, -0.15) is 8.78 Å². The topological polar surface area (TPSA) is 55.9 Å². The van der Waals surface area contributed by atoms with Crippen molar-refractivity contribution in [3.63, 3.8) is 0 Å². The first-order chi connectivity index (χ1) is 11.9. The molecule has 0 aliphatic carbocycles. The summed E-state index contributed by atoms with van der Waals surface area (Å²) in [5.74, 6) is -2.80. The number of urea groups is 1. The number of carbonyl (C=O) groups is 2. The lowest BCUT2D eigenvalue weighted by Crippen LogP contribution is -2.52. The fourth-order valence-electron chi connectivity index (χ4n) is 2.54. The van der Waals surface area contributed by atoms with Gasteiger partial charge in [0.2, 0.25) is 5.91 Å². The summed E-state index contributed by atoms with van der Waals surface area (Å²) in [5, 5.41) is 2.69. The van der Waals surface area contributed by atoms with E-state index in [4.69, 9.17) is 0 Å². The maximum absolute atomic E-state index is 12.6. The minimum absolute atomic E-state index is 0.0398. The van der Waals surface area contributed by atoms with Gasteiger partial charge >= 0.3 is 6.03 Å². The number of hydrogen-bond acceptors (Lipinski definition) is 4. The number of thioether (sulfide) groups is 1. The molecule has 3 amide bonds. The highest BCUT2D eigenvalue weighted by Gasteiger charge is 2.23. The third-order valence-corrected chi connectivity index (χ3v) is 4.56. The predicted molar refractivity (Wildman–Crippen MR) is 94.0 cm³/mol. The molecule has 9 heteroatoms. The van der Waals surface area contributed by atoms with Crippen molar-refractivity contribution in [2.75, 3.05) is 52.1 Å². The van der Waals surface area contributed by atoms with Crippen LogP contribution in [0.4, 0.5) is 19.3 Å². The fourth-order valence-corrected chi connectivity index (χ4v) is 3.14. The number of hydrogen-bond donors (Lipinski definition) is 1. The molecule has 1 saturated heterocycles. The largest absolute Gasteiger partial charge is 0.331 e. The van der Waals surface area contributed by atoms with Gasteiger partial charge in [0.25, 0.3) is 5.76 Å². The van der Waals surface area contributed by atoms with E-state index in [1.807, 2.05) is 4.90 Å². The third kappa shape index (κ3) is 5.86.